The van der Waals surface area contributed by atoms with Gasteiger partial charge in [0, 0.05) is 12.6 Å². The first kappa shape index (κ1) is 15.0. The largest absolute Gasteiger partial charge is 0.522 e. The minimum atomic E-state index is -4.63. The normalized spacial score (nSPS) is 13.8. The second kappa shape index (κ2) is 6.54. The number of nitrogens with two attached hydrogens (primary N) is 1. The molecular formula is C8H16F3N3O2. The van der Waals surface area contributed by atoms with Gasteiger partial charge in [-0.15, -0.1) is 13.2 Å². The van der Waals surface area contributed by atoms with Gasteiger partial charge in [-0.3, -0.25) is 9.64 Å². The van der Waals surface area contributed by atoms with Gasteiger partial charge in [-0.05, 0) is 13.8 Å². The zero-order chi connectivity index (χ0) is 12.8. The van der Waals surface area contributed by atoms with Crippen molar-refractivity contribution in [2.75, 3.05) is 19.7 Å². The predicted octanol–water partition coefficient (Wildman–Crippen LogP) is 0.980. The molecule has 0 saturated heterocycles. The van der Waals surface area contributed by atoms with Crippen LogP contribution < -0.4 is 5.73 Å². The van der Waals surface area contributed by atoms with Gasteiger partial charge in [0.05, 0.1) is 13.2 Å². The van der Waals surface area contributed by atoms with Gasteiger partial charge < -0.3 is 10.9 Å². The standard InChI is InChI=1S/C8H16F3N3O2/c1-6(2)14(5-7(12)13-15)3-4-16-8(9,10)11/h6,15H,3-5H2,1-2H3,(H2,12,13). The van der Waals surface area contributed by atoms with E-state index in [1.165, 1.54) is 0 Å². The minimum Gasteiger partial charge on any atom is -0.409 e. The number of alkyl halides is 3. The lowest BCUT2D eigenvalue weighted by atomic mass is 10.3. The van der Waals surface area contributed by atoms with Gasteiger partial charge in [0.15, 0.2) is 5.84 Å². The van der Waals surface area contributed by atoms with E-state index in [1.54, 1.807) is 18.7 Å². The molecule has 0 fully saturated rings. The van der Waals surface area contributed by atoms with E-state index < -0.39 is 13.0 Å². The fraction of sp³-hybridized carbons (Fsp3) is 0.875. The van der Waals surface area contributed by atoms with Crippen LogP contribution in [-0.4, -0.2) is 48.0 Å². The average molecular weight is 243 g/mol. The monoisotopic (exact) mass is 243 g/mol. The summed E-state index contributed by atoms with van der Waals surface area (Å²) in [6.45, 7) is 3.24. The van der Waals surface area contributed by atoms with Crippen LogP contribution in [-0.2, 0) is 4.74 Å². The highest BCUT2D eigenvalue weighted by Crippen LogP contribution is 2.15. The highest BCUT2D eigenvalue weighted by Gasteiger charge is 2.29. The fourth-order valence-electron chi connectivity index (χ4n) is 1.04. The lowest BCUT2D eigenvalue weighted by Crippen LogP contribution is -2.41. The Bertz CT molecular complexity index is 231. The second-order valence-corrected chi connectivity index (χ2v) is 3.45. The van der Waals surface area contributed by atoms with Gasteiger partial charge in [-0.25, -0.2) is 0 Å². The molecule has 0 atom stereocenters. The van der Waals surface area contributed by atoms with Crippen molar-refractivity contribution >= 4 is 5.84 Å². The molecule has 0 aliphatic heterocycles. The molecule has 0 aliphatic rings. The summed E-state index contributed by atoms with van der Waals surface area (Å²) < 4.78 is 38.8. The lowest BCUT2D eigenvalue weighted by Gasteiger charge is -2.25. The Hall–Kier alpha value is -1.02. The number of amidine groups is 1. The smallest absolute Gasteiger partial charge is 0.409 e. The van der Waals surface area contributed by atoms with Crippen molar-refractivity contribution in [3.05, 3.63) is 0 Å². The molecule has 0 aromatic carbocycles. The summed E-state index contributed by atoms with van der Waals surface area (Å²) in [7, 11) is 0. The van der Waals surface area contributed by atoms with E-state index in [2.05, 4.69) is 9.89 Å². The molecule has 0 amide bonds. The maximum atomic E-state index is 11.7. The van der Waals surface area contributed by atoms with E-state index >= 15 is 0 Å². The van der Waals surface area contributed by atoms with Gasteiger partial charge in [0.2, 0.25) is 0 Å². The van der Waals surface area contributed by atoms with E-state index in [4.69, 9.17) is 10.9 Å². The summed E-state index contributed by atoms with van der Waals surface area (Å²) in [4.78, 5) is 1.60. The third-order valence-electron chi connectivity index (χ3n) is 1.87. The van der Waals surface area contributed by atoms with E-state index in [0.29, 0.717) is 0 Å². The number of hydrogen-bond donors (Lipinski definition) is 2. The van der Waals surface area contributed by atoms with Crippen LogP contribution in [0, 0.1) is 0 Å². The second-order valence-electron chi connectivity index (χ2n) is 3.45. The van der Waals surface area contributed by atoms with E-state index in [9.17, 15) is 13.2 Å². The third kappa shape index (κ3) is 7.30. The molecule has 0 aromatic heterocycles. The highest BCUT2D eigenvalue weighted by molar-refractivity contribution is 5.81. The molecule has 16 heavy (non-hydrogen) atoms. The molecule has 8 heteroatoms. The van der Waals surface area contributed by atoms with Gasteiger partial charge in [0.1, 0.15) is 0 Å². The first-order valence-electron chi connectivity index (χ1n) is 4.67. The van der Waals surface area contributed by atoms with Crippen LogP contribution in [0.15, 0.2) is 5.16 Å². The molecule has 0 aromatic rings. The van der Waals surface area contributed by atoms with Gasteiger partial charge in [-0.2, -0.15) is 0 Å². The molecule has 3 N–H and O–H groups in total. The van der Waals surface area contributed by atoms with Crippen molar-refractivity contribution in [1.82, 2.24) is 4.90 Å². The number of rotatable bonds is 6. The van der Waals surface area contributed by atoms with Crippen LogP contribution in [0.5, 0.6) is 0 Å². The molecule has 0 radical (unpaired) electrons. The summed E-state index contributed by atoms with van der Waals surface area (Å²) >= 11 is 0. The van der Waals surface area contributed by atoms with Crippen LogP contribution in [0.25, 0.3) is 0 Å². The Labute approximate surface area is 91.6 Å². The van der Waals surface area contributed by atoms with Crippen LogP contribution in [0.1, 0.15) is 13.8 Å². The molecule has 0 rings (SSSR count). The molecular weight excluding hydrogens is 227 g/mol. The lowest BCUT2D eigenvalue weighted by molar-refractivity contribution is -0.325. The Morgan fingerprint density at radius 1 is 1.50 bits per heavy atom. The molecule has 96 valence electrons. The van der Waals surface area contributed by atoms with Crippen molar-refractivity contribution in [1.29, 1.82) is 0 Å². The Morgan fingerprint density at radius 3 is 2.44 bits per heavy atom. The third-order valence-corrected chi connectivity index (χ3v) is 1.87. The summed E-state index contributed by atoms with van der Waals surface area (Å²) in [5, 5.41) is 11.1. The summed E-state index contributed by atoms with van der Waals surface area (Å²) in [6.07, 6.45) is -4.63. The highest BCUT2D eigenvalue weighted by atomic mass is 19.4. The molecule has 0 bridgehead atoms. The Morgan fingerprint density at radius 2 is 2.06 bits per heavy atom. The Balaban J connectivity index is 4.05. The van der Waals surface area contributed by atoms with E-state index in [0.717, 1.165) is 0 Å². The number of hydrogen-bond acceptors (Lipinski definition) is 4. The van der Waals surface area contributed by atoms with Crippen molar-refractivity contribution in [2.24, 2.45) is 10.9 Å². The SMILES string of the molecule is CC(C)N(CCOC(F)(F)F)CC(N)=NO. The molecule has 0 saturated carbocycles. The van der Waals surface area contributed by atoms with Crippen LogP contribution in [0.3, 0.4) is 0 Å². The summed E-state index contributed by atoms with van der Waals surface area (Å²) in [6, 6.07) is -0.0304. The molecule has 0 heterocycles. The summed E-state index contributed by atoms with van der Waals surface area (Å²) in [5.41, 5.74) is 5.26. The topological polar surface area (TPSA) is 71.1 Å². The zero-order valence-corrected chi connectivity index (χ0v) is 9.16. The molecule has 0 spiro atoms. The number of oxime groups is 1. The van der Waals surface area contributed by atoms with Gasteiger partial charge in [0.25, 0.3) is 0 Å². The van der Waals surface area contributed by atoms with Crippen molar-refractivity contribution in [3.8, 4) is 0 Å². The number of nitrogens with zero attached hydrogens (tertiary/aromatic N) is 2. The van der Waals surface area contributed by atoms with E-state index in [-0.39, 0.29) is 25.0 Å². The average Bonchev–Trinajstić information content (AvgIpc) is 2.13. The maximum absolute atomic E-state index is 11.7. The van der Waals surface area contributed by atoms with Crippen LogP contribution >= 0.6 is 0 Å². The summed E-state index contributed by atoms with van der Waals surface area (Å²) in [5.74, 6) is -0.0549. The first-order chi connectivity index (χ1) is 7.26. The van der Waals surface area contributed by atoms with Crippen molar-refractivity contribution < 1.29 is 23.1 Å². The van der Waals surface area contributed by atoms with Gasteiger partial charge in [-0.1, -0.05) is 5.16 Å². The predicted molar refractivity (Wildman–Crippen MR) is 52.1 cm³/mol. The number of ether oxygens (including phenoxy) is 1. The van der Waals surface area contributed by atoms with Gasteiger partial charge >= 0.3 is 6.36 Å². The van der Waals surface area contributed by atoms with E-state index in [1.807, 2.05) is 0 Å². The molecule has 5 nitrogen and oxygen atoms in total. The van der Waals surface area contributed by atoms with Crippen molar-refractivity contribution in [3.63, 3.8) is 0 Å². The van der Waals surface area contributed by atoms with Crippen molar-refractivity contribution in [2.45, 2.75) is 26.3 Å². The minimum absolute atomic E-state index is 0.0304. The fourth-order valence-corrected chi connectivity index (χ4v) is 1.04. The van der Waals surface area contributed by atoms with Crippen LogP contribution in [0.4, 0.5) is 13.2 Å². The molecule has 0 aliphatic carbocycles. The van der Waals surface area contributed by atoms with Crippen LogP contribution in [0.2, 0.25) is 0 Å². The Kier molecular flexibility index (Phi) is 6.12. The quantitative estimate of drug-likeness (QED) is 0.316. The first-order valence-corrected chi connectivity index (χ1v) is 4.67. The number of halogens is 3. The maximum Gasteiger partial charge on any atom is 0.522 e. The molecule has 0 unspecified atom stereocenters. The zero-order valence-electron chi connectivity index (χ0n) is 9.16.